The van der Waals surface area contributed by atoms with Gasteiger partial charge in [0, 0.05) is 33.5 Å². The average molecular weight is 464 g/mol. The second-order valence-electron chi connectivity index (χ2n) is 7.52. The lowest BCUT2D eigenvalue weighted by molar-refractivity contribution is -0.121. The van der Waals surface area contributed by atoms with E-state index in [4.69, 9.17) is 0 Å². The number of carbonyl (C=O) groups is 2. The van der Waals surface area contributed by atoms with Crippen LogP contribution in [-0.4, -0.2) is 53.6 Å². The number of carbonyl (C=O) groups excluding carboxylic acids is 2. The van der Waals surface area contributed by atoms with Crippen molar-refractivity contribution in [3.05, 3.63) is 48.0 Å². The maximum absolute atomic E-state index is 13.2. The van der Waals surface area contributed by atoms with Crippen molar-refractivity contribution in [2.24, 2.45) is 0 Å². The van der Waals surface area contributed by atoms with Gasteiger partial charge in [0.15, 0.2) is 0 Å². The van der Waals surface area contributed by atoms with E-state index < -0.39 is 20.0 Å². The number of hydrogen-bond acceptors (Lipinski definition) is 6. The van der Waals surface area contributed by atoms with Gasteiger partial charge >= 0.3 is 0 Å². The van der Waals surface area contributed by atoms with E-state index in [2.05, 4.69) is 0 Å². The van der Waals surface area contributed by atoms with E-state index >= 15 is 0 Å². The van der Waals surface area contributed by atoms with Crippen molar-refractivity contribution in [2.75, 3.05) is 29.8 Å². The molecule has 0 saturated carbocycles. The quantitative estimate of drug-likeness (QED) is 0.619. The SMILES string of the molecule is CN(C)S(=O)(=O)c1ccc2c(c1)CCN2S(=O)(=O)c1ccc(N2C(=O)CCC2=O)cc1. The molecule has 0 atom stereocenters. The molecule has 0 radical (unpaired) electrons. The summed E-state index contributed by atoms with van der Waals surface area (Å²) < 4.78 is 53.5. The van der Waals surface area contributed by atoms with Crippen LogP contribution in [0.15, 0.2) is 52.3 Å². The van der Waals surface area contributed by atoms with Crippen LogP contribution >= 0.6 is 0 Å². The Labute approximate surface area is 181 Å². The molecular weight excluding hydrogens is 442 g/mol. The van der Waals surface area contributed by atoms with Gasteiger partial charge in [0.25, 0.3) is 10.0 Å². The van der Waals surface area contributed by atoms with Crippen molar-refractivity contribution in [3.8, 4) is 0 Å². The summed E-state index contributed by atoms with van der Waals surface area (Å²) >= 11 is 0. The Bertz CT molecular complexity index is 1270. The van der Waals surface area contributed by atoms with Crippen molar-refractivity contribution < 1.29 is 26.4 Å². The van der Waals surface area contributed by atoms with E-state index in [1.54, 1.807) is 0 Å². The van der Waals surface area contributed by atoms with Crippen molar-refractivity contribution in [3.63, 3.8) is 0 Å². The first-order valence-electron chi connectivity index (χ1n) is 9.57. The predicted molar refractivity (Wildman–Crippen MR) is 114 cm³/mol. The van der Waals surface area contributed by atoms with Crippen LogP contribution in [0.5, 0.6) is 0 Å². The molecule has 9 nitrogen and oxygen atoms in total. The largest absolute Gasteiger partial charge is 0.274 e. The summed E-state index contributed by atoms with van der Waals surface area (Å²) in [7, 11) is -4.65. The lowest BCUT2D eigenvalue weighted by Gasteiger charge is -2.21. The van der Waals surface area contributed by atoms with E-state index in [1.807, 2.05) is 0 Å². The molecule has 11 heteroatoms. The van der Waals surface area contributed by atoms with Gasteiger partial charge in [-0.25, -0.2) is 21.1 Å². The van der Waals surface area contributed by atoms with Gasteiger partial charge in [-0.05, 0) is 54.4 Å². The molecular formula is C20H21N3O6S2. The molecule has 0 N–H and O–H groups in total. The molecule has 2 aromatic rings. The Balaban J connectivity index is 1.64. The normalized spacial score (nSPS) is 17.0. The fourth-order valence-corrected chi connectivity index (χ4v) is 6.18. The lowest BCUT2D eigenvalue weighted by Crippen LogP contribution is -2.30. The van der Waals surface area contributed by atoms with Crippen LogP contribution in [0.4, 0.5) is 11.4 Å². The van der Waals surface area contributed by atoms with Crippen LogP contribution in [0.25, 0.3) is 0 Å². The summed E-state index contributed by atoms with van der Waals surface area (Å²) in [4.78, 5) is 25.0. The Morgan fingerprint density at radius 3 is 1.97 bits per heavy atom. The summed E-state index contributed by atoms with van der Waals surface area (Å²) in [6.45, 7) is 0.188. The minimum absolute atomic E-state index is 0.0215. The van der Waals surface area contributed by atoms with Gasteiger partial charge < -0.3 is 0 Å². The monoisotopic (exact) mass is 463 g/mol. The third kappa shape index (κ3) is 3.52. The van der Waals surface area contributed by atoms with Crippen molar-refractivity contribution in [1.29, 1.82) is 0 Å². The van der Waals surface area contributed by atoms with Crippen LogP contribution in [0, 0.1) is 0 Å². The highest BCUT2D eigenvalue weighted by Gasteiger charge is 2.33. The third-order valence-electron chi connectivity index (χ3n) is 5.42. The van der Waals surface area contributed by atoms with E-state index in [-0.39, 0.29) is 41.0 Å². The molecule has 0 aromatic heterocycles. The molecule has 1 saturated heterocycles. The van der Waals surface area contributed by atoms with Gasteiger partial charge in [0.1, 0.15) is 0 Å². The Morgan fingerprint density at radius 1 is 0.806 bits per heavy atom. The van der Waals surface area contributed by atoms with E-state index in [1.165, 1.54) is 60.9 Å². The zero-order chi connectivity index (χ0) is 22.6. The topological polar surface area (TPSA) is 112 Å². The molecule has 0 unspecified atom stereocenters. The number of rotatable bonds is 5. The summed E-state index contributed by atoms with van der Waals surface area (Å²) in [6.07, 6.45) is 0.685. The Kier molecular flexibility index (Phi) is 5.15. The van der Waals surface area contributed by atoms with Crippen molar-refractivity contribution >= 4 is 43.2 Å². The minimum atomic E-state index is -3.90. The highest BCUT2D eigenvalue weighted by molar-refractivity contribution is 7.92. The Hall–Kier alpha value is -2.76. The fraction of sp³-hybridized carbons (Fsp3) is 0.300. The average Bonchev–Trinajstić information content (AvgIpc) is 3.30. The molecule has 2 aliphatic heterocycles. The third-order valence-corrected chi connectivity index (χ3v) is 9.06. The van der Waals surface area contributed by atoms with Crippen LogP contribution < -0.4 is 9.21 Å². The molecule has 2 aliphatic rings. The number of nitrogens with zero attached hydrogens (tertiary/aromatic N) is 3. The molecule has 0 aliphatic carbocycles. The first kappa shape index (κ1) is 21.5. The molecule has 164 valence electrons. The van der Waals surface area contributed by atoms with Gasteiger partial charge in [-0.2, -0.15) is 0 Å². The zero-order valence-corrected chi connectivity index (χ0v) is 18.6. The minimum Gasteiger partial charge on any atom is -0.274 e. The standard InChI is InChI=1S/C20H21N3O6S2/c1-21(2)30(26,27)17-7-8-18-14(13-17)11-12-22(18)31(28,29)16-5-3-15(4-6-16)23-19(24)9-10-20(23)25/h3-8,13H,9-12H2,1-2H3. The van der Waals surface area contributed by atoms with E-state index in [0.717, 1.165) is 9.21 Å². The van der Waals surface area contributed by atoms with Crippen LogP contribution in [0.3, 0.4) is 0 Å². The molecule has 0 bridgehead atoms. The smallest absolute Gasteiger partial charge is 0.264 e. The highest BCUT2D eigenvalue weighted by Crippen LogP contribution is 2.35. The van der Waals surface area contributed by atoms with Crippen LogP contribution in [0.2, 0.25) is 0 Å². The number of hydrogen-bond donors (Lipinski definition) is 0. The maximum Gasteiger partial charge on any atom is 0.264 e. The van der Waals surface area contributed by atoms with E-state index in [9.17, 15) is 26.4 Å². The summed E-state index contributed by atoms with van der Waals surface area (Å²) in [6, 6.07) is 10.0. The summed E-state index contributed by atoms with van der Waals surface area (Å²) in [5.74, 6) is -0.616. The van der Waals surface area contributed by atoms with Crippen molar-refractivity contribution in [2.45, 2.75) is 29.1 Å². The molecule has 2 heterocycles. The molecule has 31 heavy (non-hydrogen) atoms. The first-order valence-corrected chi connectivity index (χ1v) is 12.5. The number of imide groups is 1. The zero-order valence-electron chi connectivity index (χ0n) is 17.0. The fourth-order valence-electron chi connectivity index (χ4n) is 3.73. The van der Waals surface area contributed by atoms with E-state index in [0.29, 0.717) is 23.4 Å². The second kappa shape index (κ2) is 7.43. The maximum atomic E-state index is 13.2. The summed E-state index contributed by atoms with van der Waals surface area (Å²) in [5.41, 5.74) is 1.41. The van der Waals surface area contributed by atoms with Gasteiger partial charge in [-0.15, -0.1) is 0 Å². The number of sulfonamides is 2. The van der Waals surface area contributed by atoms with Crippen LogP contribution in [-0.2, 0) is 36.1 Å². The second-order valence-corrected chi connectivity index (χ2v) is 11.5. The molecule has 2 amide bonds. The molecule has 0 spiro atoms. The van der Waals surface area contributed by atoms with Crippen LogP contribution in [0.1, 0.15) is 18.4 Å². The van der Waals surface area contributed by atoms with Crippen molar-refractivity contribution in [1.82, 2.24) is 4.31 Å². The molecule has 2 aromatic carbocycles. The van der Waals surface area contributed by atoms with Gasteiger partial charge in [0.05, 0.1) is 21.2 Å². The lowest BCUT2D eigenvalue weighted by atomic mass is 10.2. The highest BCUT2D eigenvalue weighted by atomic mass is 32.2. The number of amides is 2. The van der Waals surface area contributed by atoms with Gasteiger partial charge in [-0.1, -0.05) is 0 Å². The molecule has 1 fully saturated rings. The predicted octanol–water partition coefficient (Wildman–Crippen LogP) is 1.34. The summed E-state index contributed by atoms with van der Waals surface area (Å²) in [5, 5.41) is 0. The first-order chi connectivity index (χ1) is 14.5. The number of benzene rings is 2. The Morgan fingerprint density at radius 2 is 1.39 bits per heavy atom. The number of anilines is 2. The molecule has 4 rings (SSSR count). The van der Waals surface area contributed by atoms with Gasteiger partial charge in [0.2, 0.25) is 21.8 Å². The number of fused-ring (bicyclic) bond motifs is 1. The van der Waals surface area contributed by atoms with Gasteiger partial charge in [-0.3, -0.25) is 18.8 Å².